The fourth-order valence-electron chi connectivity index (χ4n) is 2.59. The van der Waals surface area contributed by atoms with Crippen molar-refractivity contribution in [2.75, 3.05) is 13.7 Å². The molecule has 3 heteroatoms. The molecule has 1 fully saturated rings. The molecule has 0 aliphatic heterocycles. The van der Waals surface area contributed by atoms with E-state index in [0.29, 0.717) is 11.3 Å². The minimum absolute atomic E-state index is 0.609. The van der Waals surface area contributed by atoms with Crippen LogP contribution in [0.1, 0.15) is 36.8 Å². The van der Waals surface area contributed by atoms with Crippen LogP contribution in [0, 0.1) is 17.2 Å². The maximum atomic E-state index is 9.02. The lowest BCUT2D eigenvalue weighted by atomic mass is 10.1. The molecule has 3 nitrogen and oxygen atoms in total. The lowest BCUT2D eigenvalue weighted by Gasteiger charge is -2.11. The van der Waals surface area contributed by atoms with Gasteiger partial charge in [0.25, 0.3) is 0 Å². The van der Waals surface area contributed by atoms with Gasteiger partial charge < -0.3 is 10.1 Å². The topological polar surface area (TPSA) is 45.0 Å². The fourth-order valence-corrected chi connectivity index (χ4v) is 2.59. The molecule has 1 aliphatic carbocycles. The molecule has 0 spiro atoms. The number of methoxy groups -OCH3 is 1. The number of nitriles is 1. The molecule has 18 heavy (non-hydrogen) atoms. The van der Waals surface area contributed by atoms with Crippen molar-refractivity contribution in [3.8, 4) is 11.8 Å². The first-order chi connectivity index (χ1) is 8.83. The second-order valence-corrected chi connectivity index (χ2v) is 4.93. The molecule has 1 aromatic rings. The predicted molar refractivity (Wildman–Crippen MR) is 71.4 cm³/mol. The van der Waals surface area contributed by atoms with Gasteiger partial charge in [0.05, 0.1) is 12.7 Å². The number of rotatable bonds is 5. The molecule has 0 radical (unpaired) electrons. The summed E-state index contributed by atoms with van der Waals surface area (Å²) in [6, 6.07) is 7.95. The summed E-state index contributed by atoms with van der Waals surface area (Å²) >= 11 is 0. The van der Waals surface area contributed by atoms with E-state index in [0.717, 1.165) is 24.6 Å². The Balaban J connectivity index is 1.87. The summed E-state index contributed by atoms with van der Waals surface area (Å²) in [5, 5.41) is 12.5. The van der Waals surface area contributed by atoms with Crippen LogP contribution in [0.4, 0.5) is 0 Å². The van der Waals surface area contributed by atoms with Crippen LogP contribution in [0.25, 0.3) is 0 Å². The lowest BCUT2D eigenvalue weighted by Crippen LogP contribution is -2.20. The number of nitrogens with zero attached hydrogens (tertiary/aromatic N) is 1. The second kappa shape index (κ2) is 6.42. The van der Waals surface area contributed by atoms with Crippen molar-refractivity contribution in [2.45, 2.75) is 32.2 Å². The number of nitrogens with one attached hydrogen (secondary N) is 1. The van der Waals surface area contributed by atoms with Crippen LogP contribution in [0.5, 0.6) is 5.75 Å². The van der Waals surface area contributed by atoms with Crippen molar-refractivity contribution in [1.29, 1.82) is 5.26 Å². The van der Waals surface area contributed by atoms with Crippen LogP contribution in [-0.2, 0) is 6.54 Å². The Morgan fingerprint density at radius 3 is 2.83 bits per heavy atom. The zero-order chi connectivity index (χ0) is 12.8. The number of hydrogen-bond acceptors (Lipinski definition) is 3. The second-order valence-electron chi connectivity index (χ2n) is 4.93. The Kier molecular flexibility index (Phi) is 4.60. The van der Waals surface area contributed by atoms with E-state index in [9.17, 15) is 0 Å². The van der Waals surface area contributed by atoms with Crippen LogP contribution in [0.3, 0.4) is 0 Å². The van der Waals surface area contributed by atoms with Gasteiger partial charge in [-0.2, -0.15) is 5.26 Å². The highest BCUT2D eigenvalue weighted by Gasteiger charge is 2.14. The summed E-state index contributed by atoms with van der Waals surface area (Å²) in [6.07, 6.45) is 5.49. The maximum absolute atomic E-state index is 9.02. The van der Waals surface area contributed by atoms with E-state index in [2.05, 4.69) is 11.4 Å². The highest BCUT2D eigenvalue weighted by Crippen LogP contribution is 2.24. The van der Waals surface area contributed by atoms with Gasteiger partial charge in [-0.25, -0.2) is 0 Å². The van der Waals surface area contributed by atoms with Gasteiger partial charge >= 0.3 is 0 Å². The van der Waals surface area contributed by atoms with E-state index < -0.39 is 0 Å². The molecule has 0 bridgehead atoms. The summed E-state index contributed by atoms with van der Waals surface area (Å²) in [5.41, 5.74) is 1.75. The number of benzene rings is 1. The molecular formula is C15H20N2O. The molecule has 0 aromatic heterocycles. The largest absolute Gasteiger partial charge is 0.495 e. The molecule has 96 valence electrons. The zero-order valence-electron chi connectivity index (χ0n) is 10.9. The molecule has 0 amide bonds. The number of hydrogen-bond donors (Lipinski definition) is 1. The van der Waals surface area contributed by atoms with Crippen molar-refractivity contribution in [3.05, 3.63) is 29.3 Å². The van der Waals surface area contributed by atoms with E-state index in [1.807, 2.05) is 18.2 Å². The molecule has 0 unspecified atom stereocenters. The van der Waals surface area contributed by atoms with Crippen molar-refractivity contribution in [2.24, 2.45) is 5.92 Å². The third-order valence-electron chi connectivity index (χ3n) is 3.62. The van der Waals surface area contributed by atoms with Crippen LogP contribution >= 0.6 is 0 Å². The average molecular weight is 244 g/mol. The van der Waals surface area contributed by atoms with Crippen LogP contribution in [0.2, 0.25) is 0 Å². The standard InChI is InChI=1S/C15H20N2O/c1-18-15-7-6-13(8-14(15)9-16)11-17-10-12-4-2-3-5-12/h6-8,12,17H,2-5,10-11H2,1H3. The summed E-state index contributed by atoms with van der Waals surface area (Å²) < 4.78 is 5.13. The SMILES string of the molecule is COc1ccc(CNCC2CCCC2)cc1C#N. The first kappa shape index (κ1) is 12.9. The van der Waals surface area contributed by atoms with Crippen molar-refractivity contribution >= 4 is 0 Å². The summed E-state index contributed by atoms with van der Waals surface area (Å²) in [7, 11) is 1.59. The normalized spacial score (nSPS) is 15.6. The Morgan fingerprint density at radius 2 is 2.17 bits per heavy atom. The average Bonchev–Trinajstić information content (AvgIpc) is 2.91. The first-order valence-electron chi connectivity index (χ1n) is 6.61. The van der Waals surface area contributed by atoms with Gasteiger partial charge in [-0.05, 0) is 43.0 Å². The summed E-state index contributed by atoms with van der Waals surface area (Å²) in [6.45, 7) is 1.92. The molecule has 1 aromatic carbocycles. The highest BCUT2D eigenvalue weighted by molar-refractivity contribution is 5.45. The Labute approximate surface area is 109 Å². The predicted octanol–water partition coefficient (Wildman–Crippen LogP) is 2.85. The Bertz CT molecular complexity index is 431. The lowest BCUT2D eigenvalue weighted by molar-refractivity contribution is 0.413. The molecular weight excluding hydrogens is 224 g/mol. The van der Waals surface area contributed by atoms with E-state index in [4.69, 9.17) is 10.00 Å². The minimum atomic E-state index is 0.609. The molecule has 0 saturated heterocycles. The third-order valence-corrected chi connectivity index (χ3v) is 3.62. The minimum Gasteiger partial charge on any atom is -0.495 e. The zero-order valence-corrected chi connectivity index (χ0v) is 10.9. The van der Waals surface area contributed by atoms with E-state index in [1.165, 1.54) is 25.7 Å². The Hall–Kier alpha value is -1.53. The maximum Gasteiger partial charge on any atom is 0.136 e. The quantitative estimate of drug-likeness (QED) is 0.866. The van der Waals surface area contributed by atoms with Crippen molar-refractivity contribution in [1.82, 2.24) is 5.32 Å². The van der Waals surface area contributed by atoms with Gasteiger partial charge in [0.2, 0.25) is 0 Å². The number of ether oxygens (including phenoxy) is 1. The molecule has 1 N–H and O–H groups in total. The van der Waals surface area contributed by atoms with Crippen molar-refractivity contribution in [3.63, 3.8) is 0 Å². The molecule has 0 heterocycles. The van der Waals surface area contributed by atoms with Crippen molar-refractivity contribution < 1.29 is 4.74 Å². The van der Waals surface area contributed by atoms with Gasteiger partial charge in [0.15, 0.2) is 0 Å². The van der Waals surface area contributed by atoms with Crippen LogP contribution in [0.15, 0.2) is 18.2 Å². The third kappa shape index (κ3) is 3.24. The van der Waals surface area contributed by atoms with Gasteiger partial charge in [-0.1, -0.05) is 18.9 Å². The molecule has 2 rings (SSSR count). The van der Waals surface area contributed by atoms with E-state index >= 15 is 0 Å². The Morgan fingerprint density at radius 1 is 1.39 bits per heavy atom. The van der Waals surface area contributed by atoms with Gasteiger partial charge in [-0.15, -0.1) is 0 Å². The highest BCUT2D eigenvalue weighted by atomic mass is 16.5. The van der Waals surface area contributed by atoms with E-state index in [-0.39, 0.29) is 0 Å². The molecule has 0 atom stereocenters. The summed E-state index contributed by atoms with van der Waals surface area (Å²) in [5.74, 6) is 1.50. The monoisotopic (exact) mass is 244 g/mol. The van der Waals surface area contributed by atoms with E-state index in [1.54, 1.807) is 7.11 Å². The summed E-state index contributed by atoms with van der Waals surface area (Å²) in [4.78, 5) is 0. The molecule has 1 saturated carbocycles. The van der Waals surface area contributed by atoms with Gasteiger partial charge in [0, 0.05) is 6.54 Å². The van der Waals surface area contributed by atoms with Crippen LogP contribution < -0.4 is 10.1 Å². The molecule has 1 aliphatic rings. The van der Waals surface area contributed by atoms with Gasteiger partial charge in [-0.3, -0.25) is 0 Å². The first-order valence-corrected chi connectivity index (χ1v) is 6.61. The van der Waals surface area contributed by atoms with Crippen LogP contribution in [-0.4, -0.2) is 13.7 Å². The fraction of sp³-hybridized carbons (Fsp3) is 0.533. The van der Waals surface area contributed by atoms with Gasteiger partial charge in [0.1, 0.15) is 11.8 Å². The smallest absolute Gasteiger partial charge is 0.136 e.